The van der Waals surface area contributed by atoms with Gasteiger partial charge in [-0.3, -0.25) is 0 Å². The highest BCUT2D eigenvalue weighted by Gasteiger charge is 2.27. The lowest BCUT2D eigenvalue weighted by Gasteiger charge is -2.21. The molecule has 132 valence electrons. The van der Waals surface area contributed by atoms with Gasteiger partial charge in [0.25, 0.3) is 0 Å². The van der Waals surface area contributed by atoms with Gasteiger partial charge in [-0.1, -0.05) is 47.2 Å². The summed E-state index contributed by atoms with van der Waals surface area (Å²) < 4.78 is 16.9. The molecule has 0 radical (unpaired) electrons. The van der Waals surface area contributed by atoms with Gasteiger partial charge in [0, 0.05) is 31.2 Å². The monoisotopic (exact) mass is 392 g/mol. The molecule has 0 bridgehead atoms. The van der Waals surface area contributed by atoms with Crippen LogP contribution in [0, 0.1) is 13.8 Å². The van der Waals surface area contributed by atoms with E-state index in [1.807, 2.05) is 69.4 Å². The molecule has 25 heavy (non-hydrogen) atoms. The fraction of sp³-hybridized carbons (Fsp3) is 0.278. The zero-order valence-corrected chi connectivity index (χ0v) is 17.0. The number of nitrogens with zero attached hydrogens (tertiary/aromatic N) is 2. The summed E-state index contributed by atoms with van der Waals surface area (Å²) in [5, 5.41) is 0.877. The Bertz CT molecular complexity index is 755. The lowest BCUT2D eigenvalue weighted by molar-refractivity contribution is 0.485. The van der Waals surface area contributed by atoms with Gasteiger partial charge in [0.2, 0.25) is 0 Å². The van der Waals surface area contributed by atoms with E-state index in [0.717, 1.165) is 28.6 Å². The van der Waals surface area contributed by atoms with Crippen molar-refractivity contribution >= 4 is 35.4 Å². The summed E-state index contributed by atoms with van der Waals surface area (Å²) in [6.45, 7) is 2.10. The molecule has 0 saturated carbocycles. The summed E-state index contributed by atoms with van der Waals surface area (Å²) in [7, 11) is 2.01. The van der Waals surface area contributed by atoms with Crippen molar-refractivity contribution in [2.75, 3.05) is 19.3 Å². The van der Waals surface area contributed by atoms with E-state index in [1.165, 1.54) is 0 Å². The molecular formula is C18H21N2O2PS2. The number of thioether (sulfide) groups is 1. The molecule has 1 aliphatic heterocycles. The van der Waals surface area contributed by atoms with Gasteiger partial charge in [0.1, 0.15) is 11.5 Å². The summed E-state index contributed by atoms with van der Waals surface area (Å²) in [6, 6.07) is 15.6. The Hall–Kier alpha value is -1.49. The number of amidine groups is 1. The Morgan fingerprint density at radius 2 is 1.44 bits per heavy atom. The first-order valence-corrected chi connectivity index (χ1v) is 11.6. The topological polar surface area (TPSA) is 34.1 Å². The second kappa shape index (κ2) is 7.81. The van der Waals surface area contributed by atoms with Gasteiger partial charge < -0.3 is 13.9 Å². The van der Waals surface area contributed by atoms with Crippen LogP contribution in [0.1, 0.15) is 11.1 Å². The minimum Gasteiger partial charge on any atom is -0.419 e. The molecular weight excluding hydrogens is 371 g/mol. The van der Waals surface area contributed by atoms with Crippen LogP contribution in [-0.4, -0.2) is 29.4 Å². The van der Waals surface area contributed by atoms with E-state index in [0.29, 0.717) is 11.5 Å². The van der Waals surface area contributed by atoms with Crippen LogP contribution in [0.3, 0.4) is 0 Å². The quantitative estimate of drug-likeness (QED) is 0.668. The van der Waals surface area contributed by atoms with Crippen LogP contribution in [0.4, 0.5) is 0 Å². The number of rotatable bonds is 5. The molecule has 0 N–H and O–H groups in total. The lowest BCUT2D eigenvalue weighted by atomic mass is 10.2. The van der Waals surface area contributed by atoms with Crippen LogP contribution in [0.5, 0.6) is 11.5 Å². The van der Waals surface area contributed by atoms with E-state index in [9.17, 15) is 0 Å². The van der Waals surface area contributed by atoms with Crippen LogP contribution in [-0.2, 0) is 11.8 Å². The molecule has 0 aliphatic carbocycles. The third-order valence-electron chi connectivity index (χ3n) is 3.68. The van der Waals surface area contributed by atoms with Crippen LogP contribution < -0.4 is 9.05 Å². The minimum absolute atomic E-state index is 0.677. The molecule has 0 atom stereocenters. The molecule has 1 aliphatic rings. The van der Waals surface area contributed by atoms with E-state index in [-0.39, 0.29) is 0 Å². The Kier molecular flexibility index (Phi) is 5.72. The zero-order valence-electron chi connectivity index (χ0n) is 14.5. The molecule has 0 unspecified atom stereocenters. The van der Waals surface area contributed by atoms with Crippen molar-refractivity contribution in [3.05, 3.63) is 59.7 Å². The normalized spacial score (nSPS) is 16.3. The molecule has 4 nitrogen and oxygen atoms in total. The largest absolute Gasteiger partial charge is 0.419 e. The van der Waals surface area contributed by atoms with Crippen molar-refractivity contribution in [2.24, 2.45) is 4.76 Å². The highest BCUT2D eigenvalue weighted by atomic mass is 32.5. The van der Waals surface area contributed by atoms with Gasteiger partial charge in [0.15, 0.2) is 5.17 Å². The van der Waals surface area contributed by atoms with E-state index in [2.05, 4.69) is 4.90 Å². The smallest absolute Gasteiger partial charge is 0.416 e. The van der Waals surface area contributed by atoms with Crippen molar-refractivity contribution < 1.29 is 9.05 Å². The van der Waals surface area contributed by atoms with E-state index in [1.54, 1.807) is 11.8 Å². The fourth-order valence-electron chi connectivity index (χ4n) is 2.21. The summed E-state index contributed by atoms with van der Waals surface area (Å²) >= 11 is 7.44. The van der Waals surface area contributed by atoms with Gasteiger partial charge >= 0.3 is 6.64 Å². The molecule has 1 fully saturated rings. The first kappa shape index (κ1) is 18.3. The summed E-state index contributed by atoms with van der Waals surface area (Å²) in [5.41, 5.74) is 2.33. The summed E-state index contributed by atoms with van der Waals surface area (Å²) in [6.07, 6.45) is 0. The number of benzene rings is 2. The molecule has 0 aromatic heterocycles. The van der Waals surface area contributed by atoms with Crippen molar-refractivity contribution in [1.82, 2.24) is 4.90 Å². The van der Waals surface area contributed by atoms with Gasteiger partial charge in [0.05, 0.1) is 0 Å². The van der Waals surface area contributed by atoms with Crippen molar-refractivity contribution in [1.29, 1.82) is 0 Å². The Balaban J connectivity index is 1.90. The lowest BCUT2D eigenvalue weighted by Crippen LogP contribution is -2.18. The van der Waals surface area contributed by atoms with Crippen molar-refractivity contribution in [2.45, 2.75) is 13.8 Å². The highest BCUT2D eigenvalue weighted by Crippen LogP contribution is 2.51. The maximum absolute atomic E-state index is 6.08. The SMILES string of the molecule is Cc1ccc(OP(=S)(/N=C2/SCCN2C)Oc2ccc(C)cc2)cc1. The van der Waals surface area contributed by atoms with Gasteiger partial charge in [-0.05, 0) is 38.1 Å². The average Bonchev–Trinajstić information content (AvgIpc) is 2.96. The molecule has 0 amide bonds. The molecule has 1 heterocycles. The standard InChI is InChI=1S/C18H21N2O2PS2/c1-14-4-8-16(9-5-14)21-23(24,19-18-20(3)12-13-25-18)22-17-10-6-15(2)7-11-17/h4-11H,12-13H2,1-3H3/b19-18+. The van der Waals surface area contributed by atoms with E-state index < -0.39 is 6.64 Å². The molecule has 7 heteroatoms. The van der Waals surface area contributed by atoms with E-state index in [4.69, 9.17) is 25.6 Å². The fourth-order valence-corrected chi connectivity index (χ4v) is 5.79. The van der Waals surface area contributed by atoms with E-state index >= 15 is 0 Å². The number of hydrogen-bond donors (Lipinski definition) is 0. The number of aryl methyl sites for hydroxylation is 2. The average molecular weight is 392 g/mol. The summed E-state index contributed by atoms with van der Waals surface area (Å²) in [5.74, 6) is 2.35. The Morgan fingerprint density at radius 3 is 1.84 bits per heavy atom. The second-order valence-electron chi connectivity index (χ2n) is 5.93. The van der Waals surface area contributed by atoms with Crippen molar-refractivity contribution in [3.63, 3.8) is 0 Å². The Labute approximate surface area is 158 Å². The first-order chi connectivity index (χ1) is 11.9. The van der Waals surface area contributed by atoms with Crippen LogP contribution >= 0.6 is 18.4 Å². The Morgan fingerprint density at radius 1 is 0.960 bits per heavy atom. The van der Waals surface area contributed by atoms with Gasteiger partial charge in [-0.15, -0.1) is 0 Å². The van der Waals surface area contributed by atoms with Gasteiger partial charge in [-0.25, -0.2) is 0 Å². The molecule has 2 aromatic rings. The minimum atomic E-state index is -2.92. The van der Waals surface area contributed by atoms with Crippen LogP contribution in [0.15, 0.2) is 53.3 Å². The van der Waals surface area contributed by atoms with Crippen LogP contribution in [0.2, 0.25) is 0 Å². The highest BCUT2D eigenvalue weighted by molar-refractivity contribution is 8.15. The first-order valence-electron chi connectivity index (χ1n) is 8.00. The third-order valence-corrected chi connectivity index (χ3v) is 6.87. The van der Waals surface area contributed by atoms with Crippen molar-refractivity contribution in [3.8, 4) is 11.5 Å². The predicted octanol–water partition coefficient (Wildman–Crippen LogP) is 5.02. The molecule has 3 rings (SSSR count). The maximum atomic E-state index is 6.08. The molecule has 1 saturated heterocycles. The molecule has 0 spiro atoms. The molecule has 2 aromatic carbocycles. The second-order valence-corrected chi connectivity index (χ2v) is 9.88. The number of hydrogen-bond acceptors (Lipinski definition) is 4. The summed E-state index contributed by atoms with van der Waals surface area (Å²) in [4.78, 5) is 2.09. The predicted molar refractivity (Wildman–Crippen MR) is 110 cm³/mol. The van der Waals surface area contributed by atoms with Gasteiger partial charge in [-0.2, -0.15) is 4.76 Å². The zero-order chi connectivity index (χ0) is 17.9. The van der Waals surface area contributed by atoms with Crippen LogP contribution in [0.25, 0.3) is 0 Å². The third kappa shape index (κ3) is 5.00. The maximum Gasteiger partial charge on any atom is 0.416 e.